The van der Waals surface area contributed by atoms with E-state index in [-0.39, 0.29) is 18.1 Å². The van der Waals surface area contributed by atoms with Gasteiger partial charge in [-0.05, 0) is 67.4 Å². The molecule has 4 rings (SSSR count). The number of nitrogens with one attached hydrogen (secondary N) is 2. The molecule has 2 N–H and O–H groups in total. The Bertz CT molecular complexity index is 1490. The maximum atomic E-state index is 13.4. The maximum Gasteiger partial charge on any atom is 0.322 e. The van der Waals surface area contributed by atoms with Crippen LogP contribution < -0.4 is 25.1 Å². The van der Waals surface area contributed by atoms with Crippen molar-refractivity contribution in [2.24, 2.45) is 0 Å². The molecule has 0 fully saturated rings. The molecule has 0 saturated carbocycles. The molecule has 0 aliphatic carbocycles. The summed E-state index contributed by atoms with van der Waals surface area (Å²) in [6, 6.07) is 19.5. The third kappa shape index (κ3) is 6.39. The number of aromatic nitrogens is 1. The van der Waals surface area contributed by atoms with Crippen LogP contribution in [-0.2, 0) is 13.0 Å². The zero-order valence-electron chi connectivity index (χ0n) is 21.5. The van der Waals surface area contributed by atoms with Crippen LogP contribution in [0.5, 0.6) is 17.2 Å². The first-order valence-corrected chi connectivity index (χ1v) is 12.6. The molecular formula is C29H30ClN3O5. The summed E-state index contributed by atoms with van der Waals surface area (Å²) in [5, 5.41) is 4.11. The van der Waals surface area contributed by atoms with Gasteiger partial charge < -0.3 is 29.4 Å². The fraction of sp³-hybridized carbons (Fsp3) is 0.241. The molecule has 0 atom stereocenters. The number of aromatic amines is 1. The summed E-state index contributed by atoms with van der Waals surface area (Å²) in [6.45, 7) is 2.88. The van der Waals surface area contributed by atoms with Gasteiger partial charge in [0.05, 0.1) is 38.1 Å². The minimum atomic E-state index is -0.374. The molecule has 8 nitrogen and oxygen atoms in total. The number of pyridine rings is 1. The van der Waals surface area contributed by atoms with Crippen LogP contribution in [0.1, 0.15) is 18.1 Å². The van der Waals surface area contributed by atoms with Gasteiger partial charge in [-0.3, -0.25) is 4.79 Å². The first-order valence-electron chi connectivity index (χ1n) is 12.2. The van der Waals surface area contributed by atoms with Gasteiger partial charge in [0.1, 0.15) is 5.75 Å². The lowest BCUT2D eigenvalue weighted by atomic mass is 10.1. The maximum absolute atomic E-state index is 13.4. The molecule has 0 spiro atoms. The van der Waals surface area contributed by atoms with Crippen molar-refractivity contribution in [2.45, 2.75) is 19.9 Å². The van der Waals surface area contributed by atoms with Gasteiger partial charge in [-0.2, -0.15) is 0 Å². The van der Waals surface area contributed by atoms with E-state index in [9.17, 15) is 9.59 Å². The predicted octanol–water partition coefficient (Wildman–Crippen LogP) is 5.87. The zero-order chi connectivity index (χ0) is 27.1. The molecular weight excluding hydrogens is 506 g/mol. The number of nitrogens with zero attached hydrogens (tertiary/aromatic N) is 1. The second-order valence-corrected chi connectivity index (χ2v) is 8.98. The lowest BCUT2D eigenvalue weighted by Gasteiger charge is -2.24. The Kier molecular flexibility index (Phi) is 8.76. The van der Waals surface area contributed by atoms with Gasteiger partial charge in [-0.25, -0.2) is 4.79 Å². The average molecular weight is 536 g/mol. The molecule has 0 unspecified atom stereocenters. The van der Waals surface area contributed by atoms with Crippen LogP contribution in [0.2, 0.25) is 5.02 Å². The predicted molar refractivity (Wildman–Crippen MR) is 150 cm³/mol. The average Bonchev–Trinajstić information content (AvgIpc) is 2.92. The molecule has 9 heteroatoms. The number of benzene rings is 3. The molecule has 2 amide bonds. The third-order valence-corrected chi connectivity index (χ3v) is 6.42. The molecule has 4 aromatic rings. The fourth-order valence-electron chi connectivity index (χ4n) is 4.12. The lowest BCUT2D eigenvalue weighted by molar-refractivity contribution is 0.209. The van der Waals surface area contributed by atoms with E-state index in [1.165, 1.54) is 0 Å². The highest BCUT2D eigenvalue weighted by atomic mass is 35.5. The minimum Gasteiger partial charge on any atom is -0.494 e. The molecule has 0 aliphatic rings. The molecule has 3 aromatic carbocycles. The van der Waals surface area contributed by atoms with Crippen LogP contribution in [0, 0.1) is 0 Å². The van der Waals surface area contributed by atoms with Gasteiger partial charge in [-0.1, -0.05) is 29.8 Å². The van der Waals surface area contributed by atoms with Crippen LogP contribution in [0.3, 0.4) is 0 Å². The number of hydrogen-bond donors (Lipinski definition) is 2. The standard InChI is InChI=1S/C29H30ClN3O5/c1-4-38-22-10-11-24-20(17-22)16-21(28(34)31-24)18-33(29(35)32-25-8-6-5-7-23(25)30)14-13-19-9-12-26(36-2)27(15-19)37-3/h5-12,15-17H,4,13-14,18H2,1-3H3,(H,31,34)(H,32,35). The fourth-order valence-corrected chi connectivity index (χ4v) is 4.30. The smallest absolute Gasteiger partial charge is 0.322 e. The number of fused-ring (bicyclic) bond motifs is 1. The highest BCUT2D eigenvalue weighted by Crippen LogP contribution is 2.28. The van der Waals surface area contributed by atoms with Crippen molar-refractivity contribution in [1.29, 1.82) is 0 Å². The number of urea groups is 1. The Hall–Kier alpha value is -4.17. The first-order chi connectivity index (χ1) is 18.4. The quantitative estimate of drug-likeness (QED) is 0.265. The topological polar surface area (TPSA) is 92.9 Å². The van der Waals surface area contributed by atoms with E-state index in [4.69, 9.17) is 25.8 Å². The highest BCUT2D eigenvalue weighted by molar-refractivity contribution is 6.33. The molecule has 38 heavy (non-hydrogen) atoms. The number of para-hydroxylation sites is 1. The van der Waals surface area contributed by atoms with Crippen LogP contribution in [0.4, 0.5) is 10.5 Å². The molecule has 0 saturated heterocycles. The Morgan fingerprint density at radius 1 is 1.00 bits per heavy atom. The number of carbonyl (C=O) groups is 1. The number of halogens is 1. The molecule has 1 aromatic heterocycles. The van der Waals surface area contributed by atoms with Gasteiger partial charge in [0, 0.05) is 23.0 Å². The number of amides is 2. The van der Waals surface area contributed by atoms with E-state index >= 15 is 0 Å². The summed E-state index contributed by atoms with van der Waals surface area (Å²) in [5.41, 5.74) is 2.33. The van der Waals surface area contributed by atoms with Crippen molar-refractivity contribution in [3.05, 3.63) is 93.2 Å². The van der Waals surface area contributed by atoms with Crippen molar-refractivity contribution in [1.82, 2.24) is 9.88 Å². The Morgan fingerprint density at radius 2 is 1.79 bits per heavy atom. The van der Waals surface area contributed by atoms with E-state index in [0.717, 1.165) is 10.9 Å². The number of H-pyrrole nitrogens is 1. The van der Waals surface area contributed by atoms with Crippen LogP contribution in [0.15, 0.2) is 71.5 Å². The molecule has 0 radical (unpaired) electrons. The number of anilines is 1. The number of ether oxygens (including phenoxy) is 3. The largest absolute Gasteiger partial charge is 0.494 e. The number of hydrogen-bond acceptors (Lipinski definition) is 5. The van der Waals surface area contributed by atoms with Gasteiger partial charge in [-0.15, -0.1) is 0 Å². The van der Waals surface area contributed by atoms with Crippen molar-refractivity contribution in [3.8, 4) is 17.2 Å². The van der Waals surface area contributed by atoms with E-state index in [0.29, 0.717) is 58.6 Å². The van der Waals surface area contributed by atoms with Gasteiger partial charge in [0.15, 0.2) is 11.5 Å². The molecule has 0 aliphatic heterocycles. The van der Waals surface area contributed by atoms with Crippen LogP contribution in [0.25, 0.3) is 10.9 Å². The monoisotopic (exact) mass is 535 g/mol. The van der Waals surface area contributed by atoms with E-state index < -0.39 is 0 Å². The minimum absolute atomic E-state index is 0.0910. The Morgan fingerprint density at radius 3 is 2.53 bits per heavy atom. The zero-order valence-corrected chi connectivity index (χ0v) is 22.3. The SMILES string of the molecule is CCOc1ccc2[nH]c(=O)c(CN(CCc3ccc(OC)c(OC)c3)C(=O)Nc3ccccc3Cl)cc2c1. The van der Waals surface area contributed by atoms with Crippen molar-refractivity contribution in [3.63, 3.8) is 0 Å². The summed E-state index contributed by atoms with van der Waals surface area (Å²) in [7, 11) is 3.16. The Balaban J connectivity index is 1.62. The molecule has 0 bridgehead atoms. The first kappa shape index (κ1) is 26.9. The molecule has 198 valence electrons. The number of methoxy groups -OCH3 is 2. The number of rotatable bonds is 10. The van der Waals surface area contributed by atoms with Gasteiger partial charge >= 0.3 is 6.03 Å². The summed E-state index contributed by atoms with van der Waals surface area (Å²) >= 11 is 6.27. The summed E-state index contributed by atoms with van der Waals surface area (Å²) in [5.74, 6) is 1.94. The summed E-state index contributed by atoms with van der Waals surface area (Å²) < 4.78 is 16.3. The third-order valence-electron chi connectivity index (χ3n) is 6.09. The summed E-state index contributed by atoms with van der Waals surface area (Å²) in [6.07, 6.45) is 0.524. The normalized spacial score (nSPS) is 10.7. The van der Waals surface area contributed by atoms with Crippen molar-refractivity contribution >= 4 is 34.2 Å². The highest BCUT2D eigenvalue weighted by Gasteiger charge is 2.18. The molecule has 1 heterocycles. The van der Waals surface area contributed by atoms with Crippen molar-refractivity contribution in [2.75, 3.05) is 32.7 Å². The van der Waals surface area contributed by atoms with Crippen molar-refractivity contribution < 1.29 is 19.0 Å². The van der Waals surface area contributed by atoms with E-state index in [1.54, 1.807) is 49.5 Å². The van der Waals surface area contributed by atoms with Crippen LogP contribution >= 0.6 is 11.6 Å². The lowest BCUT2D eigenvalue weighted by Crippen LogP contribution is -2.37. The van der Waals surface area contributed by atoms with E-state index in [1.807, 2.05) is 43.3 Å². The van der Waals surface area contributed by atoms with Crippen LogP contribution in [-0.4, -0.2) is 43.3 Å². The number of carbonyl (C=O) groups excluding carboxylic acids is 1. The second-order valence-electron chi connectivity index (χ2n) is 8.58. The second kappa shape index (κ2) is 12.4. The van der Waals surface area contributed by atoms with Gasteiger partial charge in [0.25, 0.3) is 5.56 Å². The summed E-state index contributed by atoms with van der Waals surface area (Å²) in [4.78, 5) is 30.9. The Labute approximate surface area is 226 Å². The van der Waals surface area contributed by atoms with E-state index in [2.05, 4.69) is 10.3 Å². The van der Waals surface area contributed by atoms with Gasteiger partial charge in [0.2, 0.25) is 0 Å².